The van der Waals surface area contributed by atoms with Gasteiger partial charge in [0.1, 0.15) is 0 Å². The van der Waals surface area contributed by atoms with E-state index in [0.717, 1.165) is 35.3 Å². The van der Waals surface area contributed by atoms with Crippen molar-refractivity contribution in [2.75, 3.05) is 32.1 Å². The number of hydrogen-bond acceptors (Lipinski definition) is 3. The molecule has 0 aliphatic rings. The minimum atomic E-state index is -0.361. The summed E-state index contributed by atoms with van der Waals surface area (Å²) in [5.41, 5.74) is 0.992. The van der Waals surface area contributed by atoms with Crippen molar-refractivity contribution >= 4 is 27.7 Å². The van der Waals surface area contributed by atoms with E-state index < -0.39 is 0 Å². The molecule has 0 spiro atoms. The summed E-state index contributed by atoms with van der Waals surface area (Å²) < 4.78 is 1.05. The van der Waals surface area contributed by atoms with Crippen molar-refractivity contribution in [2.24, 2.45) is 0 Å². The van der Waals surface area contributed by atoms with Crippen LogP contribution in [-0.4, -0.2) is 42.2 Å². The number of thioether (sulfide) groups is 1. The summed E-state index contributed by atoms with van der Waals surface area (Å²) in [6, 6.07) is 7.87. The fourth-order valence-electron chi connectivity index (χ4n) is 1.55. The molecule has 0 radical (unpaired) electrons. The molecule has 1 N–H and O–H groups in total. The normalized spacial score (nSPS) is 13.0. The van der Waals surface area contributed by atoms with E-state index in [1.54, 1.807) is 0 Å². The number of nitrogens with zero attached hydrogens (tertiary/aromatic N) is 1. The first-order valence-electron chi connectivity index (χ1n) is 5.74. The van der Waals surface area contributed by atoms with Crippen LogP contribution in [0.3, 0.4) is 0 Å². The quantitative estimate of drug-likeness (QED) is 0.835. The molecule has 1 aromatic carbocycles. The average Bonchev–Trinajstić information content (AvgIpc) is 2.34. The van der Waals surface area contributed by atoms with Gasteiger partial charge in [0.2, 0.25) is 0 Å². The van der Waals surface area contributed by atoms with E-state index in [1.165, 1.54) is 0 Å². The third kappa shape index (κ3) is 5.91. The first-order chi connectivity index (χ1) is 8.13. The van der Waals surface area contributed by atoms with Gasteiger partial charge in [-0.2, -0.15) is 11.8 Å². The Labute approximate surface area is 117 Å². The highest BCUT2D eigenvalue weighted by Crippen LogP contribution is 2.19. The number of aliphatic hydroxyl groups is 1. The van der Waals surface area contributed by atoms with E-state index in [2.05, 4.69) is 34.1 Å². The van der Waals surface area contributed by atoms with Gasteiger partial charge in [-0.05, 0) is 37.4 Å². The highest BCUT2D eigenvalue weighted by atomic mass is 79.9. The molecule has 0 saturated heterocycles. The van der Waals surface area contributed by atoms with Crippen LogP contribution in [-0.2, 0) is 0 Å². The molecule has 0 aromatic heterocycles. The lowest BCUT2D eigenvalue weighted by Crippen LogP contribution is -2.23. The van der Waals surface area contributed by atoms with Gasteiger partial charge in [-0.25, -0.2) is 0 Å². The maximum Gasteiger partial charge on any atom is 0.0802 e. The smallest absolute Gasteiger partial charge is 0.0802 e. The van der Waals surface area contributed by atoms with E-state index >= 15 is 0 Å². The molecule has 96 valence electrons. The highest BCUT2D eigenvalue weighted by molar-refractivity contribution is 9.10. The largest absolute Gasteiger partial charge is 0.388 e. The van der Waals surface area contributed by atoms with Crippen LogP contribution < -0.4 is 0 Å². The number of halogens is 1. The second-order valence-electron chi connectivity index (χ2n) is 4.15. The van der Waals surface area contributed by atoms with Gasteiger partial charge in [0, 0.05) is 23.3 Å². The standard InChI is InChI=1S/C13H20BrNOS/c1-15(9-10-17-2)8-7-13(16)11-3-5-12(14)6-4-11/h3-6,13,16H,7-10H2,1-2H3. The first-order valence-corrected chi connectivity index (χ1v) is 7.93. The van der Waals surface area contributed by atoms with Gasteiger partial charge >= 0.3 is 0 Å². The zero-order chi connectivity index (χ0) is 12.7. The second-order valence-corrected chi connectivity index (χ2v) is 6.05. The number of benzene rings is 1. The Bertz CT molecular complexity index is 318. The zero-order valence-electron chi connectivity index (χ0n) is 10.4. The van der Waals surface area contributed by atoms with Crippen LogP contribution in [0.4, 0.5) is 0 Å². The lowest BCUT2D eigenvalue weighted by atomic mass is 10.1. The minimum absolute atomic E-state index is 0.361. The molecule has 17 heavy (non-hydrogen) atoms. The van der Waals surface area contributed by atoms with Crippen molar-refractivity contribution in [2.45, 2.75) is 12.5 Å². The SMILES string of the molecule is CSCCN(C)CCC(O)c1ccc(Br)cc1. The topological polar surface area (TPSA) is 23.5 Å². The van der Waals surface area contributed by atoms with E-state index in [0.29, 0.717) is 0 Å². The van der Waals surface area contributed by atoms with Crippen LogP contribution in [0.15, 0.2) is 28.7 Å². The minimum Gasteiger partial charge on any atom is -0.388 e. The van der Waals surface area contributed by atoms with E-state index in [-0.39, 0.29) is 6.10 Å². The predicted molar refractivity (Wildman–Crippen MR) is 79.6 cm³/mol. The van der Waals surface area contributed by atoms with Crippen molar-refractivity contribution in [1.29, 1.82) is 0 Å². The Morgan fingerprint density at radius 1 is 1.29 bits per heavy atom. The molecule has 0 amide bonds. The summed E-state index contributed by atoms with van der Waals surface area (Å²) in [7, 11) is 2.10. The molecule has 1 unspecified atom stereocenters. The van der Waals surface area contributed by atoms with Gasteiger partial charge in [-0.3, -0.25) is 0 Å². The molecule has 0 saturated carbocycles. The summed E-state index contributed by atoms with van der Waals surface area (Å²) in [4.78, 5) is 2.26. The molecule has 1 atom stereocenters. The van der Waals surface area contributed by atoms with Crippen molar-refractivity contribution < 1.29 is 5.11 Å². The van der Waals surface area contributed by atoms with Gasteiger partial charge in [0.15, 0.2) is 0 Å². The van der Waals surface area contributed by atoms with E-state index in [4.69, 9.17) is 0 Å². The average molecular weight is 318 g/mol. The fourth-order valence-corrected chi connectivity index (χ4v) is 2.31. The Balaban J connectivity index is 2.34. The fraction of sp³-hybridized carbons (Fsp3) is 0.538. The molecule has 2 nitrogen and oxygen atoms in total. The van der Waals surface area contributed by atoms with E-state index in [1.807, 2.05) is 36.0 Å². The Morgan fingerprint density at radius 3 is 2.53 bits per heavy atom. The maximum absolute atomic E-state index is 10.0. The summed E-state index contributed by atoms with van der Waals surface area (Å²) >= 11 is 5.25. The highest BCUT2D eigenvalue weighted by Gasteiger charge is 2.08. The van der Waals surface area contributed by atoms with Crippen LogP contribution in [0.1, 0.15) is 18.1 Å². The van der Waals surface area contributed by atoms with E-state index in [9.17, 15) is 5.11 Å². The first kappa shape index (κ1) is 15.0. The van der Waals surface area contributed by atoms with Crippen LogP contribution in [0.25, 0.3) is 0 Å². The summed E-state index contributed by atoms with van der Waals surface area (Å²) in [5.74, 6) is 1.14. The number of hydrogen-bond donors (Lipinski definition) is 1. The van der Waals surface area contributed by atoms with Crippen molar-refractivity contribution in [3.05, 3.63) is 34.3 Å². The third-order valence-corrected chi connectivity index (χ3v) is 3.84. The number of rotatable bonds is 7. The van der Waals surface area contributed by atoms with Crippen LogP contribution >= 0.6 is 27.7 Å². The molecule has 0 bridgehead atoms. The molecule has 0 heterocycles. The molecule has 4 heteroatoms. The second kappa shape index (κ2) is 8.14. The number of aliphatic hydroxyl groups excluding tert-OH is 1. The molecule has 1 aromatic rings. The molecule has 0 fully saturated rings. The zero-order valence-corrected chi connectivity index (χ0v) is 12.8. The molecular formula is C13H20BrNOS. The van der Waals surface area contributed by atoms with Crippen molar-refractivity contribution in [3.63, 3.8) is 0 Å². The summed E-state index contributed by atoms with van der Waals surface area (Å²) in [6.45, 7) is 2.01. The van der Waals surface area contributed by atoms with Gasteiger partial charge in [0.25, 0.3) is 0 Å². The Kier molecular flexibility index (Phi) is 7.19. The van der Waals surface area contributed by atoms with Crippen molar-refractivity contribution in [3.8, 4) is 0 Å². The Hall–Kier alpha value is -0.0300. The van der Waals surface area contributed by atoms with Gasteiger partial charge in [0.05, 0.1) is 6.10 Å². The monoisotopic (exact) mass is 317 g/mol. The predicted octanol–water partition coefficient (Wildman–Crippen LogP) is 3.17. The van der Waals surface area contributed by atoms with Gasteiger partial charge < -0.3 is 10.0 Å². The lowest BCUT2D eigenvalue weighted by Gasteiger charge is -2.18. The summed E-state index contributed by atoms with van der Waals surface area (Å²) in [5, 5.41) is 10.0. The molecule has 0 aliphatic heterocycles. The van der Waals surface area contributed by atoms with Crippen molar-refractivity contribution in [1.82, 2.24) is 4.90 Å². The van der Waals surface area contributed by atoms with Gasteiger partial charge in [-0.15, -0.1) is 0 Å². The molecule has 0 aliphatic carbocycles. The maximum atomic E-state index is 10.0. The third-order valence-electron chi connectivity index (χ3n) is 2.72. The summed E-state index contributed by atoms with van der Waals surface area (Å²) in [6.07, 6.45) is 2.54. The van der Waals surface area contributed by atoms with Gasteiger partial charge in [-0.1, -0.05) is 28.1 Å². The molecule has 1 rings (SSSR count). The van der Waals surface area contributed by atoms with Crippen LogP contribution in [0.2, 0.25) is 0 Å². The molecular weight excluding hydrogens is 298 g/mol. The Morgan fingerprint density at radius 2 is 1.94 bits per heavy atom. The lowest BCUT2D eigenvalue weighted by molar-refractivity contribution is 0.150. The van der Waals surface area contributed by atoms with Crippen LogP contribution in [0.5, 0.6) is 0 Å². The van der Waals surface area contributed by atoms with Crippen LogP contribution in [0, 0.1) is 0 Å².